The molecule has 1 fully saturated rings. The Kier molecular flexibility index (Phi) is 3.84. The summed E-state index contributed by atoms with van der Waals surface area (Å²) >= 11 is 0. The van der Waals surface area contributed by atoms with Crippen molar-refractivity contribution in [2.45, 2.75) is 38.8 Å². The lowest BCUT2D eigenvalue weighted by Gasteiger charge is -2.24. The Bertz CT molecular complexity index is 378. The lowest BCUT2D eigenvalue weighted by molar-refractivity contribution is 0.0920. The fourth-order valence-electron chi connectivity index (χ4n) is 2.27. The average molecular weight is 235 g/mol. The van der Waals surface area contributed by atoms with Crippen LogP contribution in [0.15, 0.2) is 18.3 Å². The molecule has 2 N–H and O–H groups in total. The molecular formula is C13H21N3O. The molecule has 1 amide bonds. The van der Waals surface area contributed by atoms with Gasteiger partial charge in [0.1, 0.15) is 5.69 Å². The number of carbonyl (C=O) groups is 1. The van der Waals surface area contributed by atoms with Gasteiger partial charge in [-0.15, -0.1) is 0 Å². The highest BCUT2D eigenvalue weighted by atomic mass is 16.2. The molecule has 0 spiro atoms. The van der Waals surface area contributed by atoms with Gasteiger partial charge in [-0.25, -0.2) is 0 Å². The van der Waals surface area contributed by atoms with Crippen LogP contribution >= 0.6 is 0 Å². The van der Waals surface area contributed by atoms with Gasteiger partial charge < -0.3 is 15.2 Å². The molecule has 0 bridgehead atoms. The second-order valence-electron chi connectivity index (χ2n) is 4.91. The number of carbonyl (C=O) groups excluding carboxylic acids is 1. The maximum Gasteiger partial charge on any atom is 0.268 e. The first-order valence-corrected chi connectivity index (χ1v) is 6.37. The fraction of sp³-hybridized carbons (Fsp3) is 0.615. The van der Waals surface area contributed by atoms with E-state index in [9.17, 15) is 4.79 Å². The summed E-state index contributed by atoms with van der Waals surface area (Å²) in [7, 11) is 0. The predicted octanol–water partition coefficient (Wildman–Crippen LogP) is 1.55. The molecule has 1 aromatic heterocycles. The molecule has 2 rings (SSSR count). The molecule has 1 atom stereocenters. The number of aromatic nitrogens is 1. The number of hydrogen-bond acceptors (Lipinski definition) is 2. The SMILES string of the molecule is CC(C)n1cccc1C(=O)N[C@@H]1CCCNC1. The summed E-state index contributed by atoms with van der Waals surface area (Å²) in [5.74, 6) is 0.0393. The van der Waals surface area contributed by atoms with Gasteiger partial charge in [0.15, 0.2) is 0 Å². The van der Waals surface area contributed by atoms with Gasteiger partial charge >= 0.3 is 0 Å². The minimum absolute atomic E-state index is 0.0393. The van der Waals surface area contributed by atoms with E-state index in [2.05, 4.69) is 24.5 Å². The van der Waals surface area contributed by atoms with Crippen molar-refractivity contribution in [2.24, 2.45) is 0 Å². The van der Waals surface area contributed by atoms with Gasteiger partial charge in [-0.05, 0) is 45.4 Å². The molecule has 0 saturated carbocycles. The third-order valence-electron chi connectivity index (χ3n) is 3.20. The van der Waals surface area contributed by atoms with Crippen molar-refractivity contribution >= 4 is 5.91 Å². The number of amides is 1. The van der Waals surface area contributed by atoms with E-state index < -0.39 is 0 Å². The number of piperidine rings is 1. The van der Waals surface area contributed by atoms with Crippen LogP contribution in [-0.4, -0.2) is 29.6 Å². The van der Waals surface area contributed by atoms with E-state index in [0.29, 0.717) is 6.04 Å². The second kappa shape index (κ2) is 5.36. The van der Waals surface area contributed by atoms with Gasteiger partial charge in [-0.3, -0.25) is 4.79 Å². The summed E-state index contributed by atoms with van der Waals surface area (Å²) in [4.78, 5) is 12.1. The third kappa shape index (κ3) is 2.88. The maximum atomic E-state index is 12.1. The van der Waals surface area contributed by atoms with E-state index in [-0.39, 0.29) is 11.9 Å². The van der Waals surface area contributed by atoms with Crippen LogP contribution in [0.4, 0.5) is 0 Å². The van der Waals surface area contributed by atoms with Crippen LogP contribution in [0.3, 0.4) is 0 Å². The van der Waals surface area contributed by atoms with Crippen molar-refractivity contribution in [2.75, 3.05) is 13.1 Å². The van der Waals surface area contributed by atoms with Crippen molar-refractivity contribution in [3.05, 3.63) is 24.0 Å². The van der Waals surface area contributed by atoms with Crippen molar-refractivity contribution in [1.82, 2.24) is 15.2 Å². The molecule has 17 heavy (non-hydrogen) atoms. The van der Waals surface area contributed by atoms with Gasteiger partial charge in [0, 0.05) is 24.8 Å². The summed E-state index contributed by atoms with van der Waals surface area (Å²) < 4.78 is 2.01. The molecule has 4 nitrogen and oxygen atoms in total. The van der Waals surface area contributed by atoms with Crippen molar-refractivity contribution in [3.63, 3.8) is 0 Å². The van der Waals surface area contributed by atoms with Crippen molar-refractivity contribution in [1.29, 1.82) is 0 Å². The second-order valence-corrected chi connectivity index (χ2v) is 4.91. The Labute approximate surface area is 102 Å². The normalized spacial score (nSPS) is 20.5. The minimum Gasteiger partial charge on any atom is -0.347 e. The van der Waals surface area contributed by atoms with Gasteiger partial charge in [0.05, 0.1) is 0 Å². The predicted molar refractivity (Wildman–Crippen MR) is 68.2 cm³/mol. The Hall–Kier alpha value is -1.29. The highest BCUT2D eigenvalue weighted by molar-refractivity contribution is 5.93. The first kappa shape index (κ1) is 12.2. The van der Waals surface area contributed by atoms with Crippen LogP contribution in [0.5, 0.6) is 0 Å². The minimum atomic E-state index is 0.0393. The molecule has 94 valence electrons. The standard InChI is InChI=1S/C13H21N3O/c1-10(2)16-8-4-6-12(16)13(17)15-11-5-3-7-14-9-11/h4,6,8,10-11,14H,3,5,7,9H2,1-2H3,(H,15,17)/t11-/m1/s1. The molecule has 0 aromatic carbocycles. The summed E-state index contributed by atoms with van der Waals surface area (Å²) in [5.41, 5.74) is 0.755. The van der Waals surface area contributed by atoms with Gasteiger partial charge in [0.2, 0.25) is 0 Å². The zero-order valence-electron chi connectivity index (χ0n) is 10.6. The zero-order chi connectivity index (χ0) is 12.3. The van der Waals surface area contributed by atoms with Gasteiger partial charge in [-0.1, -0.05) is 0 Å². The molecule has 1 aromatic rings. The smallest absolute Gasteiger partial charge is 0.268 e. The molecular weight excluding hydrogens is 214 g/mol. The highest BCUT2D eigenvalue weighted by Crippen LogP contribution is 2.11. The molecule has 2 heterocycles. The van der Waals surface area contributed by atoms with E-state index in [4.69, 9.17) is 0 Å². The highest BCUT2D eigenvalue weighted by Gasteiger charge is 2.18. The fourth-order valence-corrected chi connectivity index (χ4v) is 2.27. The van der Waals surface area contributed by atoms with Crippen LogP contribution in [0.2, 0.25) is 0 Å². The first-order chi connectivity index (χ1) is 8.18. The van der Waals surface area contributed by atoms with Crippen LogP contribution < -0.4 is 10.6 Å². The molecule has 1 saturated heterocycles. The molecule has 1 aliphatic heterocycles. The van der Waals surface area contributed by atoms with Gasteiger partial charge in [-0.2, -0.15) is 0 Å². The average Bonchev–Trinajstić information content (AvgIpc) is 2.79. The van der Waals surface area contributed by atoms with Crippen molar-refractivity contribution < 1.29 is 4.79 Å². The first-order valence-electron chi connectivity index (χ1n) is 6.37. The van der Waals surface area contributed by atoms with E-state index in [1.54, 1.807) is 0 Å². The third-order valence-corrected chi connectivity index (χ3v) is 3.20. The van der Waals surface area contributed by atoms with E-state index >= 15 is 0 Å². The Morgan fingerprint density at radius 1 is 1.59 bits per heavy atom. The lowest BCUT2D eigenvalue weighted by Crippen LogP contribution is -2.46. The summed E-state index contributed by atoms with van der Waals surface area (Å²) in [6.07, 6.45) is 4.16. The Balaban J connectivity index is 2.01. The van der Waals surface area contributed by atoms with E-state index in [1.165, 1.54) is 0 Å². The molecule has 0 aliphatic carbocycles. The lowest BCUT2D eigenvalue weighted by atomic mass is 10.1. The van der Waals surface area contributed by atoms with Crippen LogP contribution in [0, 0.1) is 0 Å². The number of hydrogen-bond donors (Lipinski definition) is 2. The monoisotopic (exact) mass is 235 g/mol. The summed E-state index contributed by atoms with van der Waals surface area (Å²) in [5, 5.41) is 6.40. The van der Waals surface area contributed by atoms with Crippen LogP contribution in [0.25, 0.3) is 0 Å². The molecule has 4 heteroatoms. The van der Waals surface area contributed by atoms with Gasteiger partial charge in [0.25, 0.3) is 5.91 Å². The Morgan fingerprint density at radius 2 is 2.41 bits per heavy atom. The van der Waals surface area contributed by atoms with E-state index in [1.807, 2.05) is 22.9 Å². The number of nitrogens with zero attached hydrogens (tertiary/aromatic N) is 1. The maximum absolute atomic E-state index is 12.1. The quantitative estimate of drug-likeness (QED) is 0.835. The van der Waals surface area contributed by atoms with Crippen molar-refractivity contribution in [3.8, 4) is 0 Å². The van der Waals surface area contributed by atoms with E-state index in [0.717, 1.165) is 31.6 Å². The largest absolute Gasteiger partial charge is 0.347 e. The topological polar surface area (TPSA) is 46.1 Å². The summed E-state index contributed by atoms with van der Waals surface area (Å²) in [6.45, 7) is 6.11. The number of nitrogens with one attached hydrogen (secondary N) is 2. The van der Waals surface area contributed by atoms with Crippen LogP contribution in [0.1, 0.15) is 43.2 Å². The molecule has 1 aliphatic rings. The Morgan fingerprint density at radius 3 is 3.06 bits per heavy atom. The zero-order valence-corrected chi connectivity index (χ0v) is 10.6. The molecule has 0 radical (unpaired) electrons. The number of rotatable bonds is 3. The molecule has 0 unspecified atom stereocenters. The summed E-state index contributed by atoms with van der Waals surface area (Å²) in [6, 6.07) is 4.39. The van der Waals surface area contributed by atoms with Crippen LogP contribution in [-0.2, 0) is 0 Å².